The van der Waals surface area contributed by atoms with Crippen molar-refractivity contribution in [2.45, 2.75) is 20.0 Å². The average molecular weight is 251 g/mol. The van der Waals surface area contributed by atoms with Gasteiger partial charge in [-0.25, -0.2) is 0 Å². The Kier molecular flexibility index (Phi) is 5.17. The largest absolute Gasteiger partial charge is 0.493 e. The number of ether oxygens (including phenoxy) is 2. The number of hydrogen-bond acceptors (Lipinski definition) is 4. The van der Waals surface area contributed by atoms with E-state index in [1.807, 2.05) is 6.92 Å². The predicted molar refractivity (Wildman–Crippen MR) is 67.2 cm³/mol. The zero-order valence-corrected chi connectivity index (χ0v) is 10.7. The molecule has 0 aliphatic heterocycles. The first-order valence-corrected chi connectivity index (χ1v) is 5.70. The van der Waals surface area contributed by atoms with Crippen LogP contribution in [0.1, 0.15) is 24.2 Å². The second-order valence-corrected chi connectivity index (χ2v) is 3.68. The number of nitrogens with one attached hydrogen (secondary N) is 1. The number of methoxy groups -OCH3 is 1. The molecule has 98 valence electrons. The highest BCUT2D eigenvalue weighted by atomic mass is 16.5. The first kappa shape index (κ1) is 14.0. The van der Waals surface area contributed by atoms with Crippen molar-refractivity contribution in [2.24, 2.45) is 0 Å². The van der Waals surface area contributed by atoms with E-state index in [9.17, 15) is 9.59 Å². The second-order valence-electron chi connectivity index (χ2n) is 3.68. The van der Waals surface area contributed by atoms with Crippen LogP contribution < -0.4 is 14.8 Å². The van der Waals surface area contributed by atoms with Crippen LogP contribution in [0.2, 0.25) is 0 Å². The summed E-state index contributed by atoms with van der Waals surface area (Å²) in [6.45, 7) is 4.04. The van der Waals surface area contributed by atoms with Gasteiger partial charge < -0.3 is 14.8 Å². The van der Waals surface area contributed by atoms with Gasteiger partial charge in [-0.15, -0.1) is 0 Å². The van der Waals surface area contributed by atoms with E-state index in [1.165, 1.54) is 7.11 Å². The van der Waals surface area contributed by atoms with E-state index in [0.29, 0.717) is 23.6 Å². The Morgan fingerprint density at radius 3 is 2.72 bits per heavy atom. The fraction of sp³-hybridized carbons (Fsp3) is 0.385. The van der Waals surface area contributed by atoms with Gasteiger partial charge in [0.05, 0.1) is 7.11 Å². The van der Waals surface area contributed by atoms with Gasteiger partial charge in [-0.3, -0.25) is 9.59 Å². The summed E-state index contributed by atoms with van der Waals surface area (Å²) in [7, 11) is 1.48. The summed E-state index contributed by atoms with van der Waals surface area (Å²) in [5.41, 5.74) is 0.491. The Bertz CT molecular complexity index is 431. The summed E-state index contributed by atoms with van der Waals surface area (Å²) in [4.78, 5) is 22.2. The van der Waals surface area contributed by atoms with Crippen LogP contribution in [0.5, 0.6) is 11.5 Å². The molecule has 1 atom stereocenters. The van der Waals surface area contributed by atoms with E-state index in [2.05, 4.69) is 5.32 Å². The molecule has 5 nitrogen and oxygen atoms in total. The maximum absolute atomic E-state index is 11.5. The van der Waals surface area contributed by atoms with Crippen LogP contribution in [0.3, 0.4) is 0 Å². The maximum Gasteiger partial charge on any atom is 0.260 e. The monoisotopic (exact) mass is 251 g/mol. The van der Waals surface area contributed by atoms with Gasteiger partial charge in [-0.2, -0.15) is 0 Å². The van der Waals surface area contributed by atoms with E-state index in [0.717, 1.165) is 6.29 Å². The summed E-state index contributed by atoms with van der Waals surface area (Å²) in [5.74, 6) is 0.664. The van der Waals surface area contributed by atoms with Gasteiger partial charge >= 0.3 is 0 Å². The van der Waals surface area contributed by atoms with Crippen molar-refractivity contribution in [3.05, 3.63) is 23.8 Å². The minimum Gasteiger partial charge on any atom is -0.493 e. The quantitative estimate of drug-likeness (QED) is 0.776. The molecule has 0 aliphatic carbocycles. The topological polar surface area (TPSA) is 64.6 Å². The van der Waals surface area contributed by atoms with Crippen LogP contribution in [0, 0.1) is 0 Å². The molecule has 1 amide bonds. The number of carbonyl (C=O) groups is 2. The Morgan fingerprint density at radius 1 is 1.44 bits per heavy atom. The lowest BCUT2D eigenvalue weighted by molar-refractivity contribution is -0.127. The lowest BCUT2D eigenvalue weighted by Gasteiger charge is -2.16. The van der Waals surface area contributed by atoms with Crippen molar-refractivity contribution in [1.29, 1.82) is 0 Å². The lowest BCUT2D eigenvalue weighted by Crippen LogP contribution is -2.36. The molecule has 0 fully saturated rings. The molecular formula is C13H17NO4. The van der Waals surface area contributed by atoms with Crippen molar-refractivity contribution < 1.29 is 19.1 Å². The summed E-state index contributed by atoms with van der Waals surface area (Å²) < 4.78 is 10.6. The van der Waals surface area contributed by atoms with Crippen LogP contribution in [-0.2, 0) is 4.79 Å². The van der Waals surface area contributed by atoms with Gasteiger partial charge in [0.2, 0.25) is 0 Å². The van der Waals surface area contributed by atoms with Crippen molar-refractivity contribution in [3.8, 4) is 11.5 Å². The van der Waals surface area contributed by atoms with Crippen molar-refractivity contribution >= 4 is 12.2 Å². The molecule has 0 aliphatic rings. The first-order chi connectivity index (χ1) is 8.62. The SMILES string of the molecule is CCNC(=O)C(C)Oc1ccc(C=O)cc1OC. The highest BCUT2D eigenvalue weighted by molar-refractivity contribution is 5.81. The second kappa shape index (κ2) is 6.64. The molecule has 18 heavy (non-hydrogen) atoms. The average Bonchev–Trinajstić information content (AvgIpc) is 2.39. The highest BCUT2D eigenvalue weighted by Gasteiger charge is 2.16. The maximum atomic E-state index is 11.5. The third-order valence-corrected chi connectivity index (χ3v) is 2.35. The Balaban J connectivity index is 2.83. The number of hydrogen-bond donors (Lipinski definition) is 1. The molecule has 0 saturated heterocycles. The molecule has 1 aromatic carbocycles. The Labute approximate surface area is 106 Å². The molecule has 0 saturated carbocycles. The molecule has 0 bridgehead atoms. The predicted octanol–water partition coefficient (Wildman–Crippen LogP) is 1.41. The molecule has 0 heterocycles. The first-order valence-electron chi connectivity index (χ1n) is 5.70. The standard InChI is InChI=1S/C13H17NO4/c1-4-14-13(16)9(2)18-11-6-5-10(8-15)7-12(11)17-3/h5-9H,4H2,1-3H3,(H,14,16). The molecule has 1 unspecified atom stereocenters. The number of benzene rings is 1. The summed E-state index contributed by atoms with van der Waals surface area (Å²) in [6, 6.07) is 4.78. The smallest absolute Gasteiger partial charge is 0.260 e. The molecule has 1 aromatic rings. The fourth-order valence-corrected chi connectivity index (χ4v) is 1.42. The van der Waals surface area contributed by atoms with Crippen molar-refractivity contribution in [2.75, 3.05) is 13.7 Å². The Hall–Kier alpha value is -2.04. The van der Waals surface area contributed by atoms with Crippen LogP contribution >= 0.6 is 0 Å². The third-order valence-electron chi connectivity index (χ3n) is 2.35. The summed E-state index contributed by atoms with van der Waals surface area (Å²) in [5, 5.41) is 2.66. The van der Waals surface area contributed by atoms with Crippen LogP contribution in [0.4, 0.5) is 0 Å². The zero-order chi connectivity index (χ0) is 13.5. The van der Waals surface area contributed by atoms with E-state index in [1.54, 1.807) is 25.1 Å². The number of rotatable bonds is 6. The minimum absolute atomic E-state index is 0.195. The molecule has 0 radical (unpaired) electrons. The van der Waals surface area contributed by atoms with Crippen molar-refractivity contribution in [3.63, 3.8) is 0 Å². The van der Waals surface area contributed by atoms with Crippen LogP contribution in [0.25, 0.3) is 0 Å². The van der Waals surface area contributed by atoms with E-state index < -0.39 is 6.10 Å². The number of likely N-dealkylation sites (N-methyl/N-ethyl adjacent to an activating group) is 1. The molecular weight excluding hydrogens is 234 g/mol. The fourth-order valence-electron chi connectivity index (χ4n) is 1.42. The van der Waals surface area contributed by atoms with Gasteiger partial charge in [0.15, 0.2) is 17.6 Å². The van der Waals surface area contributed by atoms with E-state index >= 15 is 0 Å². The van der Waals surface area contributed by atoms with Crippen LogP contribution in [-0.4, -0.2) is 32.0 Å². The minimum atomic E-state index is -0.624. The van der Waals surface area contributed by atoms with Crippen LogP contribution in [0.15, 0.2) is 18.2 Å². The van der Waals surface area contributed by atoms with Gasteiger partial charge in [0.25, 0.3) is 5.91 Å². The third kappa shape index (κ3) is 3.48. The highest BCUT2D eigenvalue weighted by Crippen LogP contribution is 2.28. The summed E-state index contributed by atoms with van der Waals surface area (Å²) in [6.07, 6.45) is 0.0976. The van der Waals surface area contributed by atoms with Gasteiger partial charge in [0, 0.05) is 12.1 Å². The van der Waals surface area contributed by atoms with E-state index in [-0.39, 0.29) is 5.91 Å². The van der Waals surface area contributed by atoms with Gasteiger partial charge in [0.1, 0.15) is 6.29 Å². The lowest BCUT2D eigenvalue weighted by atomic mass is 10.2. The van der Waals surface area contributed by atoms with Crippen molar-refractivity contribution in [1.82, 2.24) is 5.32 Å². The normalized spacial score (nSPS) is 11.5. The number of amides is 1. The number of carbonyl (C=O) groups excluding carboxylic acids is 2. The zero-order valence-electron chi connectivity index (χ0n) is 10.7. The Morgan fingerprint density at radius 2 is 2.17 bits per heavy atom. The number of aldehydes is 1. The molecule has 1 N–H and O–H groups in total. The van der Waals surface area contributed by atoms with Gasteiger partial charge in [-0.05, 0) is 32.0 Å². The molecule has 0 spiro atoms. The molecule has 0 aromatic heterocycles. The molecule has 5 heteroatoms. The summed E-state index contributed by atoms with van der Waals surface area (Å²) >= 11 is 0. The molecule has 1 rings (SSSR count). The van der Waals surface area contributed by atoms with Gasteiger partial charge in [-0.1, -0.05) is 0 Å². The van der Waals surface area contributed by atoms with E-state index in [4.69, 9.17) is 9.47 Å².